The molecular formula is C28H29F2N5O3. The number of benzene rings is 1. The largest absolute Gasteiger partial charge is 0.434 e. The van der Waals surface area contributed by atoms with E-state index in [0.29, 0.717) is 23.2 Å². The maximum Gasteiger partial charge on any atom is 0.387 e. The molecule has 1 amide bonds. The van der Waals surface area contributed by atoms with Gasteiger partial charge in [-0.1, -0.05) is 12.1 Å². The van der Waals surface area contributed by atoms with Crippen molar-refractivity contribution >= 4 is 17.1 Å². The highest BCUT2D eigenvalue weighted by atomic mass is 19.3. The van der Waals surface area contributed by atoms with Crippen LogP contribution >= 0.6 is 0 Å². The molecule has 0 saturated heterocycles. The average Bonchev–Trinajstić information content (AvgIpc) is 3.41. The van der Waals surface area contributed by atoms with E-state index in [4.69, 9.17) is 14.8 Å². The van der Waals surface area contributed by atoms with E-state index in [1.54, 1.807) is 28.6 Å². The van der Waals surface area contributed by atoms with Crippen molar-refractivity contribution in [1.29, 1.82) is 0 Å². The van der Waals surface area contributed by atoms with Gasteiger partial charge < -0.3 is 14.7 Å². The highest BCUT2D eigenvalue weighted by Crippen LogP contribution is 2.53. The minimum Gasteiger partial charge on any atom is -0.434 e. The van der Waals surface area contributed by atoms with Crippen molar-refractivity contribution in [1.82, 2.24) is 24.4 Å². The maximum absolute atomic E-state index is 13.3. The van der Waals surface area contributed by atoms with E-state index in [9.17, 15) is 18.7 Å². The molecule has 8 nitrogen and oxygen atoms in total. The van der Waals surface area contributed by atoms with Crippen molar-refractivity contribution in [2.45, 2.75) is 56.2 Å². The maximum atomic E-state index is 13.3. The SMILES string of the molecule is CN1C(=O)c2cccc(OC(F)F)c2C2CC1c1nn3ccc(C4=CCN(C5(CO)CCC5)CC4)nc3c12. The van der Waals surface area contributed by atoms with Crippen LogP contribution in [-0.2, 0) is 0 Å². The summed E-state index contributed by atoms with van der Waals surface area (Å²) in [5, 5.41) is 14.8. The molecule has 198 valence electrons. The Labute approximate surface area is 218 Å². The Hall–Kier alpha value is -3.37. The first-order valence-corrected chi connectivity index (χ1v) is 13.2. The number of fused-ring (bicyclic) bond motifs is 9. The third kappa shape index (κ3) is 3.36. The minimum absolute atomic E-state index is 0.0251. The number of nitrogens with zero attached hydrogens (tertiary/aromatic N) is 5. The fourth-order valence-electron chi connectivity index (χ4n) is 6.89. The fourth-order valence-corrected chi connectivity index (χ4v) is 6.89. The lowest BCUT2D eigenvalue weighted by molar-refractivity contribution is -0.0505. The molecule has 2 aromatic heterocycles. The molecule has 1 fully saturated rings. The van der Waals surface area contributed by atoms with Gasteiger partial charge in [0.15, 0.2) is 5.65 Å². The van der Waals surface area contributed by atoms with Crippen LogP contribution in [0, 0.1) is 0 Å². The molecule has 3 aromatic rings. The molecule has 0 spiro atoms. The summed E-state index contributed by atoms with van der Waals surface area (Å²) in [6, 6.07) is 6.44. The van der Waals surface area contributed by atoms with Crippen molar-refractivity contribution in [3.8, 4) is 5.75 Å². The smallest absolute Gasteiger partial charge is 0.387 e. The van der Waals surface area contributed by atoms with Crippen molar-refractivity contribution in [3.05, 3.63) is 64.6 Å². The van der Waals surface area contributed by atoms with E-state index in [2.05, 4.69) is 11.0 Å². The highest BCUT2D eigenvalue weighted by Gasteiger charge is 2.46. The second-order valence-electron chi connectivity index (χ2n) is 10.9. The number of alkyl halides is 2. The van der Waals surface area contributed by atoms with Crippen LogP contribution in [0.1, 0.15) is 76.9 Å². The number of amides is 1. The Morgan fingerprint density at radius 3 is 2.76 bits per heavy atom. The Morgan fingerprint density at radius 2 is 2.08 bits per heavy atom. The number of halogens is 2. The number of carbonyl (C=O) groups excluding carboxylic acids is 1. The molecule has 2 aliphatic heterocycles. The number of aliphatic hydroxyl groups is 1. The van der Waals surface area contributed by atoms with E-state index in [0.717, 1.165) is 61.3 Å². The van der Waals surface area contributed by atoms with Crippen molar-refractivity contribution in [3.63, 3.8) is 0 Å². The van der Waals surface area contributed by atoms with Gasteiger partial charge in [-0.2, -0.15) is 13.9 Å². The first-order chi connectivity index (χ1) is 18.4. The predicted octanol–water partition coefficient (Wildman–Crippen LogP) is 4.00. The van der Waals surface area contributed by atoms with Crippen LogP contribution in [0.2, 0.25) is 0 Å². The van der Waals surface area contributed by atoms with Gasteiger partial charge >= 0.3 is 6.61 Å². The third-order valence-electron chi connectivity index (χ3n) is 9.11. The first kappa shape index (κ1) is 23.7. The molecule has 38 heavy (non-hydrogen) atoms. The Kier molecular flexibility index (Phi) is 5.35. The first-order valence-electron chi connectivity index (χ1n) is 13.2. The molecule has 10 heteroatoms. The summed E-state index contributed by atoms with van der Waals surface area (Å²) < 4.78 is 33.3. The fraction of sp³-hybridized carbons (Fsp3) is 0.464. The molecule has 0 radical (unpaired) electrons. The summed E-state index contributed by atoms with van der Waals surface area (Å²) in [6.07, 6.45) is 8.71. The standard InChI is InChI=1S/C28H29F2N5O3/c1-33-20-14-18(22-17(26(33)37)4-2-5-21(22)38-27(29)30)23-24(20)32-35-13-8-19(31-25(23)35)16-6-11-34(12-7-16)28(15-36)9-3-10-28/h2,4-6,8,13,18,20,27,36H,3,7,9-12,14-15H2,1H3. The van der Waals surface area contributed by atoms with Crippen LogP contribution < -0.4 is 4.74 Å². The Balaban J connectivity index is 1.31. The molecule has 1 N–H and O–H groups in total. The van der Waals surface area contributed by atoms with Gasteiger partial charge in [0.1, 0.15) is 5.75 Å². The van der Waals surface area contributed by atoms with Gasteiger partial charge in [0.05, 0.1) is 24.0 Å². The lowest BCUT2D eigenvalue weighted by atomic mass is 9.75. The molecule has 7 rings (SSSR count). The number of carbonyl (C=O) groups is 1. The predicted molar refractivity (Wildman–Crippen MR) is 135 cm³/mol. The Morgan fingerprint density at radius 1 is 1.24 bits per heavy atom. The normalized spacial score (nSPS) is 24.2. The van der Waals surface area contributed by atoms with Gasteiger partial charge in [-0.05, 0) is 55.9 Å². The van der Waals surface area contributed by atoms with Crippen LogP contribution in [-0.4, -0.2) is 74.3 Å². The lowest BCUT2D eigenvalue weighted by Gasteiger charge is -2.50. The second kappa shape index (κ2) is 8.57. The van der Waals surface area contributed by atoms with Gasteiger partial charge in [0.2, 0.25) is 0 Å². The van der Waals surface area contributed by atoms with Crippen molar-refractivity contribution in [2.24, 2.45) is 0 Å². The zero-order valence-corrected chi connectivity index (χ0v) is 21.1. The zero-order chi connectivity index (χ0) is 26.2. The summed E-state index contributed by atoms with van der Waals surface area (Å²) in [4.78, 5) is 22.4. The average molecular weight is 522 g/mol. The van der Waals surface area contributed by atoms with Crippen LogP contribution in [0.4, 0.5) is 8.78 Å². The number of hydrogen-bond donors (Lipinski definition) is 1. The molecule has 4 aliphatic rings. The van der Waals surface area contributed by atoms with Crippen LogP contribution in [0.15, 0.2) is 36.5 Å². The van der Waals surface area contributed by atoms with Gasteiger partial charge in [-0.3, -0.25) is 9.69 Å². The summed E-state index contributed by atoms with van der Waals surface area (Å²) in [5.41, 5.74) is 5.11. The van der Waals surface area contributed by atoms with Crippen LogP contribution in [0.5, 0.6) is 5.75 Å². The van der Waals surface area contributed by atoms with E-state index in [1.807, 2.05) is 12.3 Å². The van der Waals surface area contributed by atoms with E-state index in [1.165, 1.54) is 6.07 Å². The molecule has 1 saturated carbocycles. The summed E-state index contributed by atoms with van der Waals surface area (Å²) in [7, 11) is 1.73. The number of ether oxygens (including phenoxy) is 1. The summed E-state index contributed by atoms with van der Waals surface area (Å²) in [6.45, 7) is -1.15. The number of aliphatic hydroxyl groups excluding tert-OH is 1. The molecule has 2 unspecified atom stereocenters. The third-order valence-corrected chi connectivity index (χ3v) is 9.11. The van der Waals surface area contributed by atoms with Gasteiger partial charge in [0, 0.05) is 54.5 Å². The highest BCUT2D eigenvalue weighted by molar-refractivity contribution is 5.98. The number of hydrogen-bond acceptors (Lipinski definition) is 6. The molecule has 2 bridgehead atoms. The number of aromatic nitrogens is 3. The molecule has 2 aliphatic carbocycles. The van der Waals surface area contributed by atoms with Crippen LogP contribution in [0.25, 0.3) is 11.2 Å². The topological polar surface area (TPSA) is 83.2 Å². The van der Waals surface area contributed by atoms with E-state index >= 15 is 0 Å². The zero-order valence-electron chi connectivity index (χ0n) is 21.1. The Bertz CT molecular complexity index is 1480. The molecule has 1 aromatic carbocycles. The minimum atomic E-state index is -2.99. The molecule has 2 atom stereocenters. The monoisotopic (exact) mass is 521 g/mol. The van der Waals surface area contributed by atoms with Crippen molar-refractivity contribution in [2.75, 3.05) is 26.7 Å². The molecular weight excluding hydrogens is 492 g/mol. The van der Waals surface area contributed by atoms with E-state index < -0.39 is 6.61 Å². The van der Waals surface area contributed by atoms with Crippen LogP contribution in [0.3, 0.4) is 0 Å². The van der Waals surface area contributed by atoms with Gasteiger partial charge in [-0.15, -0.1) is 0 Å². The molecule has 4 heterocycles. The van der Waals surface area contributed by atoms with Gasteiger partial charge in [-0.25, -0.2) is 9.50 Å². The lowest BCUT2D eigenvalue weighted by Crippen LogP contribution is -2.57. The second-order valence-corrected chi connectivity index (χ2v) is 10.9. The van der Waals surface area contributed by atoms with Gasteiger partial charge in [0.25, 0.3) is 5.91 Å². The summed E-state index contributed by atoms with van der Waals surface area (Å²) >= 11 is 0. The van der Waals surface area contributed by atoms with Crippen molar-refractivity contribution < 1.29 is 23.4 Å². The number of rotatable bonds is 5. The quantitative estimate of drug-likeness (QED) is 0.547. The summed E-state index contributed by atoms with van der Waals surface area (Å²) in [5.74, 6) is -0.544. The van der Waals surface area contributed by atoms with E-state index in [-0.39, 0.29) is 35.8 Å².